The van der Waals surface area contributed by atoms with Crippen LogP contribution in [0.2, 0.25) is 5.02 Å². The fraction of sp³-hybridized carbons (Fsp3) is 0.400. The monoisotopic (exact) mass is 538 g/mol. The smallest absolute Gasteiger partial charge is 0.306 e. The van der Waals surface area contributed by atoms with Crippen molar-refractivity contribution in [3.8, 4) is 5.75 Å². The number of hydrogen-bond acceptors (Lipinski definition) is 5. The Labute approximate surface area is 215 Å². The lowest BCUT2D eigenvalue weighted by Gasteiger charge is -2.27. The normalized spacial score (nSPS) is 20.9. The summed E-state index contributed by atoms with van der Waals surface area (Å²) in [5.41, 5.74) is 0.579. The Morgan fingerprint density at radius 2 is 1.75 bits per heavy atom. The van der Waals surface area contributed by atoms with Crippen molar-refractivity contribution in [2.75, 3.05) is 13.1 Å². The van der Waals surface area contributed by atoms with Crippen LogP contribution in [0, 0.1) is 17.6 Å². The second kappa shape index (κ2) is 11.5. The minimum absolute atomic E-state index is 0.0346. The Balaban J connectivity index is 1.23. The van der Waals surface area contributed by atoms with Crippen LogP contribution in [0.15, 0.2) is 35.2 Å². The first kappa shape index (κ1) is 26.2. The van der Waals surface area contributed by atoms with Gasteiger partial charge in [0, 0.05) is 29.1 Å². The van der Waals surface area contributed by atoms with Crippen LogP contribution >= 0.6 is 23.4 Å². The summed E-state index contributed by atoms with van der Waals surface area (Å²) in [5.74, 6) is -4.45. The van der Waals surface area contributed by atoms with Gasteiger partial charge >= 0.3 is 5.97 Å². The molecule has 2 aliphatic rings. The molecule has 4 rings (SSSR count). The molecule has 3 N–H and O–H groups in total. The van der Waals surface area contributed by atoms with Crippen molar-refractivity contribution < 1.29 is 33.0 Å². The van der Waals surface area contributed by atoms with Gasteiger partial charge in [0.15, 0.2) is 11.6 Å². The van der Waals surface area contributed by atoms with E-state index in [0.29, 0.717) is 37.1 Å². The van der Waals surface area contributed by atoms with Gasteiger partial charge in [0.1, 0.15) is 5.82 Å². The molecule has 1 aliphatic carbocycles. The van der Waals surface area contributed by atoms with E-state index in [1.807, 2.05) is 12.1 Å². The molecule has 1 fully saturated rings. The Morgan fingerprint density at radius 3 is 2.47 bits per heavy atom. The molecule has 1 aliphatic heterocycles. The fourth-order valence-corrected chi connectivity index (χ4v) is 5.81. The molecule has 0 bridgehead atoms. The van der Waals surface area contributed by atoms with Crippen molar-refractivity contribution in [1.82, 2.24) is 10.6 Å². The quantitative estimate of drug-likeness (QED) is 0.435. The van der Waals surface area contributed by atoms with Gasteiger partial charge in [-0.1, -0.05) is 17.7 Å². The molecule has 2 aromatic carbocycles. The number of hydrogen-bond donors (Lipinski definition) is 3. The summed E-state index contributed by atoms with van der Waals surface area (Å²) >= 11 is 7.42. The number of carboxylic acid groups (broad SMARTS) is 1. The first-order chi connectivity index (χ1) is 17.2. The summed E-state index contributed by atoms with van der Waals surface area (Å²) in [7, 11) is 0. The highest BCUT2D eigenvalue weighted by atomic mass is 35.5. The lowest BCUT2D eigenvalue weighted by Crippen LogP contribution is -2.38. The minimum Gasteiger partial charge on any atom is -0.487 e. The second-order valence-electron chi connectivity index (χ2n) is 8.80. The lowest BCUT2D eigenvalue weighted by molar-refractivity contribution is -0.143. The maximum Gasteiger partial charge on any atom is 0.306 e. The molecular formula is C25H25ClF2N2O5S. The molecule has 0 spiro atoms. The van der Waals surface area contributed by atoms with Gasteiger partial charge in [-0.15, -0.1) is 11.8 Å². The van der Waals surface area contributed by atoms with Crippen LogP contribution in [0.3, 0.4) is 0 Å². The van der Waals surface area contributed by atoms with Crippen molar-refractivity contribution >= 4 is 41.1 Å². The second-order valence-corrected chi connectivity index (χ2v) is 10.5. The molecular weight excluding hydrogens is 514 g/mol. The number of rotatable bonds is 8. The van der Waals surface area contributed by atoms with Gasteiger partial charge in [-0.05, 0) is 55.9 Å². The fourth-order valence-electron chi connectivity index (χ4n) is 4.32. The van der Waals surface area contributed by atoms with Gasteiger partial charge in [0.25, 0.3) is 5.91 Å². The number of ether oxygens (including phenoxy) is 1. The number of thioether (sulfide) groups is 1. The molecule has 2 amide bonds. The van der Waals surface area contributed by atoms with Crippen LogP contribution in [-0.4, -0.2) is 47.3 Å². The van der Waals surface area contributed by atoms with E-state index in [1.54, 1.807) is 6.07 Å². The maximum absolute atomic E-state index is 14.5. The van der Waals surface area contributed by atoms with E-state index in [-0.39, 0.29) is 30.0 Å². The molecule has 7 nitrogen and oxygen atoms in total. The number of carboxylic acids is 1. The third-order valence-corrected chi connectivity index (χ3v) is 7.82. The highest BCUT2D eigenvalue weighted by molar-refractivity contribution is 8.01. The molecule has 11 heteroatoms. The summed E-state index contributed by atoms with van der Waals surface area (Å²) in [6, 6.07) is 7.11. The molecule has 192 valence electrons. The van der Waals surface area contributed by atoms with Crippen molar-refractivity contribution in [3.63, 3.8) is 0 Å². The Morgan fingerprint density at radius 1 is 1.03 bits per heavy atom. The third kappa shape index (κ3) is 6.28. The number of benzene rings is 2. The van der Waals surface area contributed by atoms with Gasteiger partial charge in [0.2, 0.25) is 5.91 Å². The average molecular weight is 539 g/mol. The van der Waals surface area contributed by atoms with E-state index in [9.17, 15) is 23.2 Å². The number of fused-ring (bicyclic) bond motifs is 1. The first-order valence-electron chi connectivity index (χ1n) is 11.6. The van der Waals surface area contributed by atoms with Gasteiger partial charge < -0.3 is 20.5 Å². The minimum atomic E-state index is -0.939. The van der Waals surface area contributed by atoms with Gasteiger partial charge in [0.05, 0.1) is 22.8 Å². The number of carbonyl (C=O) groups excluding carboxylic acids is 2. The number of aliphatic carboxylic acids is 1. The summed E-state index contributed by atoms with van der Waals surface area (Å²) in [4.78, 5) is 36.8. The van der Waals surface area contributed by atoms with Crippen LogP contribution in [0.4, 0.5) is 8.78 Å². The number of halogens is 3. The van der Waals surface area contributed by atoms with Crippen molar-refractivity contribution in [3.05, 3.63) is 58.1 Å². The molecule has 36 heavy (non-hydrogen) atoms. The van der Waals surface area contributed by atoms with Crippen molar-refractivity contribution in [1.29, 1.82) is 0 Å². The molecule has 1 saturated carbocycles. The highest BCUT2D eigenvalue weighted by Gasteiger charge is 2.29. The summed E-state index contributed by atoms with van der Waals surface area (Å²) < 4.78 is 34.6. The zero-order chi connectivity index (χ0) is 25.8. The van der Waals surface area contributed by atoms with Gasteiger partial charge in [-0.2, -0.15) is 0 Å². The molecule has 0 aromatic heterocycles. The van der Waals surface area contributed by atoms with E-state index in [1.165, 1.54) is 11.8 Å². The van der Waals surface area contributed by atoms with E-state index < -0.39 is 41.1 Å². The summed E-state index contributed by atoms with van der Waals surface area (Å²) in [5, 5.41) is 14.6. The maximum atomic E-state index is 14.5. The van der Waals surface area contributed by atoms with Crippen LogP contribution in [0.5, 0.6) is 5.75 Å². The summed E-state index contributed by atoms with van der Waals surface area (Å²) in [6.07, 6.45) is 1.82. The molecule has 0 saturated heterocycles. The molecule has 1 unspecified atom stereocenters. The van der Waals surface area contributed by atoms with Crippen LogP contribution in [0.1, 0.15) is 41.6 Å². The predicted octanol–water partition coefficient (Wildman–Crippen LogP) is 4.20. The van der Waals surface area contributed by atoms with Crippen LogP contribution < -0.4 is 15.4 Å². The molecule has 2 aromatic rings. The largest absolute Gasteiger partial charge is 0.487 e. The first-order valence-corrected chi connectivity index (χ1v) is 12.9. The Kier molecular flexibility index (Phi) is 8.35. The van der Waals surface area contributed by atoms with Crippen LogP contribution in [-0.2, 0) is 16.0 Å². The zero-order valence-electron chi connectivity index (χ0n) is 19.2. The highest BCUT2D eigenvalue weighted by Crippen LogP contribution is 2.38. The Hall–Kier alpha value is -2.85. The van der Waals surface area contributed by atoms with Gasteiger partial charge in [-0.25, -0.2) is 8.78 Å². The van der Waals surface area contributed by atoms with Crippen molar-refractivity contribution in [2.24, 2.45) is 5.92 Å². The van der Waals surface area contributed by atoms with E-state index in [0.717, 1.165) is 22.6 Å². The van der Waals surface area contributed by atoms with E-state index in [4.69, 9.17) is 21.4 Å². The third-order valence-electron chi connectivity index (χ3n) is 6.29. The molecule has 1 heterocycles. The molecule has 0 radical (unpaired) electrons. The topological polar surface area (TPSA) is 105 Å². The standard InChI is InChI=1S/C25H25ClF2N2O5S/c26-15-4-1-14-9-22(36-21(14)10-15)24(32)30-8-7-29-23(31)17-11-19(28)20(12-18(17)27)35-16-5-2-13(3-6-16)25(33)34/h1,4,10-13,16,22H,2-3,5-9H2,(H,29,31)(H,30,32)(H,33,34)/t13-,16+,22?. The number of amides is 2. The van der Waals surface area contributed by atoms with Crippen molar-refractivity contribution in [2.45, 2.75) is 48.4 Å². The molecule has 1 atom stereocenters. The van der Waals surface area contributed by atoms with Gasteiger partial charge in [-0.3, -0.25) is 14.4 Å². The predicted molar refractivity (Wildman–Crippen MR) is 131 cm³/mol. The number of nitrogens with one attached hydrogen (secondary N) is 2. The number of carbonyl (C=O) groups is 3. The zero-order valence-corrected chi connectivity index (χ0v) is 20.8. The lowest BCUT2D eigenvalue weighted by atomic mass is 9.87. The van der Waals surface area contributed by atoms with E-state index >= 15 is 0 Å². The van der Waals surface area contributed by atoms with Crippen LogP contribution in [0.25, 0.3) is 0 Å². The Bertz CT molecular complexity index is 1170. The average Bonchev–Trinajstić information content (AvgIpc) is 3.27. The summed E-state index contributed by atoms with van der Waals surface area (Å²) in [6.45, 7) is 0.163. The van der Waals surface area contributed by atoms with E-state index in [2.05, 4.69) is 10.6 Å². The SMILES string of the molecule is O=C(NCCNC(=O)C1Cc2ccc(Cl)cc2S1)c1cc(F)c(O[C@H]2CC[C@@H](C(=O)O)CC2)cc1F.